The van der Waals surface area contributed by atoms with Gasteiger partial charge < -0.3 is 4.74 Å². The molecule has 0 radical (unpaired) electrons. The van der Waals surface area contributed by atoms with Crippen molar-refractivity contribution in [3.05, 3.63) is 32.7 Å². The summed E-state index contributed by atoms with van der Waals surface area (Å²) in [7, 11) is 0. The SMILES string of the molecule is CCCCCCCCOC(=O)c1ccc(Br)cc1Br. The molecule has 0 heterocycles. The molecule has 0 amide bonds. The molecule has 0 aliphatic carbocycles. The van der Waals surface area contributed by atoms with Crippen molar-refractivity contribution >= 4 is 37.8 Å². The molecule has 2 nitrogen and oxygen atoms in total. The Morgan fingerprint density at radius 1 is 1.11 bits per heavy atom. The molecule has 1 aromatic carbocycles. The summed E-state index contributed by atoms with van der Waals surface area (Å²) in [5.74, 6) is -0.257. The molecule has 4 heteroatoms. The summed E-state index contributed by atoms with van der Waals surface area (Å²) >= 11 is 6.73. The van der Waals surface area contributed by atoms with E-state index in [0.29, 0.717) is 12.2 Å². The quantitative estimate of drug-likeness (QED) is 0.417. The molecule has 0 unspecified atom stereocenters. The maximum atomic E-state index is 11.8. The molecule has 0 fully saturated rings. The van der Waals surface area contributed by atoms with E-state index in [1.807, 2.05) is 12.1 Å². The highest BCUT2D eigenvalue weighted by Gasteiger charge is 2.11. The maximum absolute atomic E-state index is 11.8. The fourth-order valence-corrected chi connectivity index (χ4v) is 2.99. The van der Waals surface area contributed by atoms with Crippen molar-refractivity contribution in [3.8, 4) is 0 Å². The van der Waals surface area contributed by atoms with E-state index in [9.17, 15) is 4.79 Å². The number of hydrogen-bond donors (Lipinski definition) is 0. The van der Waals surface area contributed by atoms with Crippen LogP contribution < -0.4 is 0 Å². The molecule has 19 heavy (non-hydrogen) atoms. The minimum atomic E-state index is -0.257. The van der Waals surface area contributed by atoms with E-state index in [1.54, 1.807) is 6.07 Å². The lowest BCUT2D eigenvalue weighted by Gasteiger charge is -2.06. The first-order chi connectivity index (χ1) is 9.15. The number of unbranched alkanes of at least 4 members (excludes halogenated alkanes) is 5. The second-order valence-corrected chi connectivity index (χ2v) is 6.30. The van der Waals surface area contributed by atoms with Gasteiger partial charge in [0.05, 0.1) is 12.2 Å². The van der Waals surface area contributed by atoms with Crippen LogP contribution in [0, 0.1) is 0 Å². The Morgan fingerprint density at radius 3 is 2.47 bits per heavy atom. The van der Waals surface area contributed by atoms with Gasteiger partial charge in [-0.2, -0.15) is 0 Å². The molecule has 1 rings (SSSR count). The Hall–Kier alpha value is -0.350. The van der Waals surface area contributed by atoms with Crippen molar-refractivity contribution in [2.45, 2.75) is 45.4 Å². The van der Waals surface area contributed by atoms with Crippen LogP contribution in [0.3, 0.4) is 0 Å². The Balaban J connectivity index is 2.24. The van der Waals surface area contributed by atoms with Gasteiger partial charge in [0.2, 0.25) is 0 Å². The van der Waals surface area contributed by atoms with Crippen LogP contribution in [-0.2, 0) is 4.74 Å². The van der Waals surface area contributed by atoms with Gasteiger partial charge in [-0.1, -0.05) is 55.0 Å². The summed E-state index contributed by atoms with van der Waals surface area (Å²) in [5.41, 5.74) is 0.578. The van der Waals surface area contributed by atoms with Crippen LogP contribution in [-0.4, -0.2) is 12.6 Å². The molecule has 0 saturated heterocycles. The van der Waals surface area contributed by atoms with E-state index < -0.39 is 0 Å². The molecule has 0 aliphatic heterocycles. The summed E-state index contributed by atoms with van der Waals surface area (Å²) in [6.45, 7) is 2.71. The zero-order chi connectivity index (χ0) is 14.1. The number of halogens is 2. The van der Waals surface area contributed by atoms with Gasteiger partial charge >= 0.3 is 5.97 Å². The lowest BCUT2D eigenvalue weighted by Crippen LogP contribution is -2.07. The topological polar surface area (TPSA) is 26.3 Å². The second-order valence-electron chi connectivity index (χ2n) is 4.53. The van der Waals surface area contributed by atoms with Crippen molar-refractivity contribution in [1.29, 1.82) is 0 Å². The molecular weight excluding hydrogens is 372 g/mol. The number of ether oxygens (including phenoxy) is 1. The number of esters is 1. The molecule has 0 aliphatic rings. The molecule has 106 valence electrons. The van der Waals surface area contributed by atoms with Crippen LogP contribution in [0.25, 0.3) is 0 Å². The maximum Gasteiger partial charge on any atom is 0.339 e. The van der Waals surface area contributed by atoms with E-state index in [4.69, 9.17) is 4.74 Å². The van der Waals surface area contributed by atoms with Gasteiger partial charge in [0.15, 0.2) is 0 Å². The van der Waals surface area contributed by atoms with E-state index in [-0.39, 0.29) is 5.97 Å². The Labute approximate surface area is 132 Å². The van der Waals surface area contributed by atoms with Crippen LogP contribution in [0.4, 0.5) is 0 Å². The van der Waals surface area contributed by atoms with Crippen LogP contribution in [0.15, 0.2) is 27.1 Å². The highest BCUT2D eigenvalue weighted by Crippen LogP contribution is 2.22. The molecular formula is C15H20Br2O2. The number of hydrogen-bond acceptors (Lipinski definition) is 2. The van der Waals surface area contributed by atoms with Gasteiger partial charge in [-0.15, -0.1) is 0 Å². The van der Waals surface area contributed by atoms with E-state index >= 15 is 0 Å². The summed E-state index contributed by atoms with van der Waals surface area (Å²) in [5, 5.41) is 0. The number of benzene rings is 1. The summed E-state index contributed by atoms with van der Waals surface area (Å²) in [4.78, 5) is 11.8. The van der Waals surface area contributed by atoms with E-state index in [0.717, 1.165) is 21.8 Å². The van der Waals surface area contributed by atoms with Crippen LogP contribution in [0.5, 0.6) is 0 Å². The fraction of sp³-hybridized carbons (Fsp3) is 0.533. The first-order valence-electron chi connectivity index (χ1n) is 6.77. The molecule has 0 aromatic heterocycles. The average molecular weight is 392 g/mol. The highest BCUT2D eigenvalue weighted by molar-refractivity contribution is 9.11. The van der Waals surface area contributed by atoms with Crippen molar-refractivity contribution in [3.63, 3.8) is 0 Å². The predicted molar refractivity (Wildman–Crippen MR) is 85.5 cm³/mol. The lowest BCUT2D eigenvalue weighted by molar-refractivity contribution is 0.0496. The average Bonchev–Trinajstić information content (AvgIpc) is 2.37. The Morgan fingerprint density at radius 2 is 1.79 bits per heavy atom. The molecule has 0 atom stereocenters. The van der Waals surface area contributed by atoms with Gasteiger partial charge in [0.25, 0.3) is 0 Å². The molecule has 0 saturated carbocycles. The highest BCUT2D eigenvalue weighted by atomic mass is 79.9. The Kier molecular flexibility index (Phi) is 8.38. The Bertz CT molecular complexity index is 405. The lowest BCUT2D eigenvalue weighted by atomic mass is 10.1. The molecule has 1 aromatic rings. The third kappa shape index (κ3) is 6.57. The van der Waals surface area contributed by atoms with Crippen molar-refractivity contribution in [2.24, 2.45) is 0 Å². The van der Waals surface area contributed by atoms with Crippen molar-refractivity contribution in [2.75, 3.05) is 6.61 Å². The number of carbonyl (C=O) groups excluding carboxylic acids is 1. The zero-order valence-corrected chi connectivity index (χ0v) is 14.4. The van der Waals surface area contributed by atoms with Gasteiger partial charge in [-0.3, -0.25) is 0 Å². The van der Waals surface area contributed by atoms with Gasteiger partial charge in [-0.25, -0.2) is 4.79 Å². The molecule has 0 N–H and O–H groups in total. The van der Waals surface area contributed by atoms with Crippen LogP contribution in [0.2, 0.25) is 0 Å². The number of carbonyl (C=O) groups is 1. The predicted octanol–water partition coefficient (Wildman–Crippen LogP) is 5.73. The summed E-state index contributed by atoms with van der Waals surface area (Å²) in [6, 6.07) is 5.45. The van der Waals surface area contributed by atoms with Crippen molar-refractivity contribution in [1.82, 2.24) is 0 Å². The largest absolute Gasteiger partial charge is 0.462 e. The van der Waals surface area contributed by atoms with Crippen LogP contribution in [0.1, 0.15) is 55.8 Å². The van der Waals surface area contributed by atoms with Gasteiger partial charge in [0, 0.05) is 8.95 Å². The summed E-state index contributed by atoms with van der Waals surface area (Å²) in [6.07, 6.45) is 7.15. The molecule has 0 bridgehead atoms. The second kappa shape index (κ2) is 9.54. The molecule has 0 spiro atoms. The smallest absolute Gasteiger partial charge is 0.339 e. The minimum Gasteiger partial charge on any atom is -0.462 e. The zero-order valence-electron chi connectivity index (χ0n) is 11.3. The fourth-order valence-electron chi connectivity index (χ4n) is 1.78. The first kappa shape index (κ1) is 16.7. The third-order valence-electron chi connectivity index (χ3n) is 2.88. The summed E-state index contributed by atoms with van der Waals surface area (Å²) < 4.78 is 6.97. The standard InChI is InChI=1S/C15H20Br2O2/c1-2-3-4-5-6-7-10-19-15(18)13-9-8-12(16)11-14(13)17/h8-9,11H,2-7,10H2,1H3. The van der Waals surface area contributed by atoms with Crippen LogP contribution >= 0.6 is 31.9 Å². The monoisotopic (exact) mass is 390 g/mol. The van der Waals surface area contributed by atoms with Crippen molar-refractivity contribution < 1.29 is 9.53 Å². The van der Waals surface area contributed by atoms with Gasteiger partial charge in [0.1, 0.15) is 0 Å². The van der Waals surface area contributed by atoms with E-state index in [2.05, 4.69) is 38.8 Å². The minimum absolute atomic E-state index is 0.257. The number of rotatable bonds is 8. The normalized spacial score (nSPS) is 10.5. The van der Waals surface area contributed by atoms with E-state index in [1.165, 1.54) is 25.7 Å². The first-order valence-corrected chi connectivity index (χ1v) is 8.36. The third-order valence-corrected chi connectivity index (χ3v) is 4.03. The van der Waals surface area contributed by atoms with Gasteiger partial charge in [-0.05, 0) is 40.5 Å².